The van der Waals surface area contributed by atoms with Gasteiger partial charge < -0.3 is 10.6 Å². The maximum atomic E-state index is 13.7. The number of anilines is 2. The predicted octanol–water partition coefficient (Wildman–Crippen LogP) is 6.87. The predicted molar refractivity (Wildman–Crippen MR) is 144 cm³/mol. The quantitative estimate of drug-likeness (QED) is 0.278. The van der Waals surface area contributed by atoms with E-state index in [1.165, 1.54) is 12.1 Å². The number of pyridine rings is 1. The van der Waals surface area contributed by atoms with Crippen LogP contribution >= 0.6 is 11.6 Å². The van der Waals surface area contributed by atoms with Crippen LogP contribution in [-0.4, -0.2) is 26.0 Å². The summed E-state index contributed by atoms with van der Waals surface area (Å²) in [7, 11) is 0. The molecule has 2 N–H and O–H groups in total. The molecular formula is C28H29ClFN7. The molecule has 0 bridgehead atoms. The Bertz CT molecular complexity index is 1480. The van der Waals surface area contributed by atoms with Gasteiger partial charge >= 0.3 is 0 Å². The SMILES string of the molecule is C[C@@H](Nc1c(C#N)cnc2c(Cl)cc(NC(c3ccc(F)cc3)c3cn(C4CC4)nn3)cc12)C(C)(C)C. The molecule has 1 aliphatic rings. The van der Waals surface area contributed by atoms with E-state index in [2.05, 4.69) is 59.7 Å². The Morgan fingerprint density at radius 1 is 1.16 bits per heavy atom. The maximum absolute atomic E-state index is 13.7. The number of nitrogens with zero attached hydrogens (tertiary/aromatic N) is 5. The Labute approximate surface area is 220 Å². The minimum atomic E-state index is -0.390. The summed E-state index contributed by atoms with van der Waals surface area (Å²) in [5.41, 5.74) is 3.98. The van der Waals surface area contributed by atoms with Gasteiger partial charge in [-0.15, -0.1) is 5.10 Å². The fraction of sp³-hybridized carbons (Fsp3) is 0.357. The van der Waals surface area contributed by atoms with Crippen molar-refractivity contribution in [1.29, 1.82) is 5.26 Å². The number of halogens is 2. The molecule has 5 rings (SSSR count). The summed E-state index contributed by atoms with van der Waals surface area (Å²) < 4.78 is 15.6. The van der Waals surface area contributed by atoms with E-state index >= 15 is 0 Å². The van der Waals surface area contributed by atoms with Crippen molar-refractivity contribution in [3.05, 3.63) is 76.5 Å². The summed E-state index contributed by atoms with van der Waals surface area (Å²) >= 11 is 6.71. The van der Waals surface area contributed by atoms with Crippen molar-refractivity contribution in [2.45, 2.75) is 58.7 Å². The molecular weight excluding hydrogens is 489 g/mol. The first kappa shape index (κ1) is 25.0. The molecule has 0 radical (unpaired) electrons. The summed E-state index contributed by atoms with van der Waals surface area (Å²) in [5, 5.41) is 26.8. The lowest BCUT2D eigenvalue weighted by molar-refractivity contribution is 0.359. The number of nitrogens with one attached hydrogen (secondary N) is 2. The first-order valence-corrected chi connectivity index (χ1v) is 12.7. The van der Waals surface area contributed by atoms with Crippen LogP contribution in [-0.2, 0) is 0 Å². The van der Waals surface area contributed by atoms with E-state index in [0.29, 0.717) is 27.8 Å². The molecule has 2 atom stereocenters. The molecule has 0 amide bonds. The minimum Gasteiger partial charge on any atom is -0.380 e. The van der Waals surface area contributed by atoms with Crippen LogP contribution in [0.3, 0.4) is 0 Å². The van der Waals surface area contributed by atoms with Crippen LogP contribution < -0.4 is 10.6 Å². The molecule has 2 heterocycles. The van der Waals surface area contributed by atoms with Crippen molar-refractivity contribution in [1.82, 2.24) is 20.0 Å². The van der Waals surface area contributed by atoms with E-state index in [9.17, 15) is 9.65 Å². The van der Waals surface area contributed by atoms with E-state index in [1.54, 1.807) is 18.3 Å². The average Bonchev–Trinajstić information content (AvgIpc) is 3.59. The maximum Gasteiger partial charge on any atom is 0.123 e. The Morgan fingerprint density at radius 3 is 2.54 bits per heavy atom. The van der Waals surface area contributed by atoms with Crippen LogP contribution in [0.15, 0.2) is 48.8 Å². The van der Waals surface area contributed by atoms with Crippen LogP contribution in [0.4, 0.5) is 15.8 Å². The van der Waals surface area contributed by atoms with Gasteiger partial charge in [-0.3, -0.25) is 4.98 Å². The van der Waals surface area contributed by atoms with E-state index in [-0.39, 0.29) is 17.3 Å². The molecule has 190 valence electrons. The molecule has 0 saturated heterocycles. The zero-order valence-corrected chi connectivity index (χ0v) is 22.0. The lowest BCUT2D eigenvalue weighted by atomic mass is 9.87. The molecule has 0 aliphatic heterocycles. The van der Waals surface area contributed by atoms with Gasteiger partial charge in [-0.05, 0) is 55.0 Å². The largest absolute Gasteiger partial charge is 0.380 e. The highest BCUT2D eigenvalue weighted by Crippen LogP contribution is 2.38. The first-order valence-electron chi connectivity index (χ1n) is 12.4. The number of hydrogen-bond donors (Lipinski definition) is 2. The van der Waals surface area contributed by atoms with Crippen LogP contribution in [0.1, 0.15) is 69.4 Å². The van der Waals surface area contributed by atoms with E-state index in [4.69, 9.17) is 11.6 Å². The summed E-state index contributed by atoms with van der Waals surface area (Å²) in [6.45, 7) is 8.51. The number of aromatic nitrogens is 4. The second-order valence-electron chi connectivity index (χ2n) is 10.7. The average molecular weight is 518 g/mol. The Balaban J connectivity index is 1.59. The van der Waals surface area contributed by atoms with Gasteiger partial charge in [0.05, 0.1) is 40.1 Å². The van der Waals surface area contributed by atoms with Crippen LogP contribution in [0, 0.1) is 22.6 Å². The zero-order chi connectivity index (χ0) is 26.3. The van der Waals surface area contributed by atoms with Gasteiger partial charge in [0, 0.05) is 23.3 Å². The third-order valence-electron chi connectivity index (χ3n) is 6.96. The summed E-state index contributed by atoms with van der Waals surface area (Å²) in [4.78, 5) is 4.47. The summed E-state index contributed by atoms with van der Waals surface area (Å²) in [6.07, 6.45) is 5.68. The van der Waals surface area contributed by atoms with Gasteiger partial charge in [-0.2, -0.15) is 5.26 Å². The number of nitriles is 1. The van der Waals surface area contributed by atoms with Gasteiger partial charge in [0.25, 0.3) is 0 Å². The molecule has 1 saturated carbocycles. The van der Waals surface area contributed by atoms with E-state index < -0.39 is 6.04 Å². The monoisotopic (exact) mass is 517 g/mol. The second-order valence-corrected chi connectivity index (χ2v) is 11.1. The van der Waals surface area contributed by atoms with E-state index in [0.717, 1.165) is 35.2 Å². The van der Waals surface area contributed by atoms with Crippen LogP contribution in [0.5, 0.6) is 0 Å². The number of hydrogen-bond acceptors (Lipinski definition) is 6. The third-order valence-corrected chi connectivity index (χ3v) is 7.25. The number of fused-ring (bicyclic) bond motifs is 1. The summed E-state index contributed by atoms with van der Waals surface area (Å²) in [6, 6.07) is 12.4. The van der Waals surface area contributed by atoms with Gasteiger partial charge in [0.15, 0.2) is 0 Å². The first-order chi connectivity index (χ1) is 17.6. The lowest BCUT2D eigenvalue weighted by Crippen LogP contribution is -2.31. The third kappa shape index (κ3) is 5.23. The van der Waals surface area contributed by atoms with Crippen molar-refractivity contribution >= 4 is 33.9 Å². The summed E-state index contributed by atoms with van der Waals surface area (Å²) in [5.74, 6) is -0.309. The fourth-order valence-corrected chi connectivity index (χ4v) is 4.37. The standard InChI is InChI=1S/C28H29ClFN7/c1-16(28(2,3)4)33-25-18(13-31)14-32-27-22(25)11-20(12-23(27)29)34-26(17-5-7-19(30)8-6-17)24-15-37(36-35-24)21-9-10-21/h5-8,11-12,14-16,21,26,34H,9-10H2,1-4H3,(H,32,33)/t16-,26?/m1/s1. The van der Waals surface area contributed by atoms with Crippen LogP contribution in [0.2, 0.25) is 5.02 Å². The highest BCUT2D eigenvalue weighted by atomic mass is 35.5. The highest BCUT2D eigenvalue weighted by molar-refractivity contribution is 6.35. The van der Waals surface area contributed by atoms with Crippen molar-refractivity contribution in [3.8, 4) is 6.07 Å². The van der Waals surface area contributed by atoms with Crippen molar-refractivity contribution < 1.29 is 4.39 Å². The molecule has 0 spiro atoms. The molecule has 1 unspecified atom stereocenters. The normalized spacial score (nSPS) is 15.3. The van der Waals surface area contributed by atoms with Crippen molar-refractivity contribution in [2.75, 3.05) is 10.6 Å². The van der Waals surface area contributed by atoms with Crippen molar-refractivity contribution in [2.24, 2.45) is 5.41 Å². The van der Waals surface area contributed by atoms with Gasteiger partial charge in [0.2, 0.25) is 0 Å². The van der Waals surface area contributed by atoms with Gasteiger partial charge in [-0.25, -0.2) is 9.07 Å². The highest BCUT2D eigenvalue weighted by Gasteiger charge is 2.27. The topological polar surface area (TPSA) is 91.5 Å². The van der Waals surface area contributed by atoms with Crippen LogP contribution in [0.25, 0.3) is 10.9 Å². The molecule has 2 aromatic carbocycles. The lowest BCUT2D eigenvalue weighted by Gasteiger charge is -2.30. The minimum absolute atomic E-state index is 0.0387. The second kappa shape index (κ2) is 9.64. The number of benzene rings is 2. The fourth-order valence-electron chi connectivity index (χ4n) is 4.11. The molecule has 1 fully saturated rings. The smallest absolute Gasteiger partial charge is 0.123 e. The molecule has 7 nitrogen and oxygen atoms in total. The molecule has 1 aliphatic carbocycles. The van der Waals surface area contributed by atoms with E-state index in [1.807, 2.05) is 23.0 Å². The zero-order valence-electron chi connectivity index (χ0n) is 21.3. The molecule has 37 heavy (non-hydrogen) atoms. The molecule has 4 aromatic rings. The van der Waals surface area contributed by atoms with Crippen molar-refractivity contribution in [3.63, 3.8) is 0 Å². The van der Waals surface area contributed by atoms with Gasteiger partial charge in [-0.1, -0.05) is 49.7 Å². The Hall–Kier alpha value is -3.70. The molecule has 9 heteroatoms. The molecule has 2 aromatic heterocycles. The Kier molecular flexibility index (Phi) is 6.50. The number of rotatable bonds is 7. The Morgan fingerprint density at radius 2 is 1.89 bits per heavy atom. The van der Waals surface area contributed by atoms with Gasteiger partial charge in [0.1, 0.15) is 17.6 Å².